The molecule has 190 valence electrons. The van der Waals surface area contributed by atoms with Crippen molar-refractivity contribution in [3.8, 4) is 0 Å². The lowest BCUT2D eigenvalue weighted by molar-refractivity contribution is -0.137. The Morgan fingerprint density at radius 3 is 2.38 bits per heavy atom. The molecule has 1 saturated heterocycles. The fourth-order valence-corrected chi connectivity index (χ4v) is 10.2. The third-order valence-electron chi connectivity index (χ3n) is 8.38. The Labute approximate surface area is 222 Å². The molecule has 2 aliphatic heterocycles. The average Bonchev–Trinajstić information content (AvgIpc) is 3.58. The smallest absolute Gasteiger partial charge is 0.307 e. The van der Waals surface area contributed by atoms with E-state index in [1.54, 1.807) is 23.9 Å². The van der Waals surface area contributed by atoms with Gasteiger partial charge in [0, 0.05) is 21.1 Å². The van der Waals surface area contributed by atoms with Crippen LogP contribution in [0, 0.1) is 29.6 Å². The summed E-state index contributed by atoms with van der Waals surface area (Å²) in [5.41, 5.74) is 0.0600. The minimum atomic E-state index is -4.58. The summed E-state index contributed by atoms with van der Waals surface area (Å²) in [6.07, 6.45) is -3.88. The number of hydrogen-bond donors (Lipinski definition) is 1. The van der Waals surface area contributed by atoms with Gasteiger partial charge in [0.05, 0.1) is 28.1 Å². The van der Waals surface area contributed by atoms with Crippen LogP contribution in [0.25, 0.3) is 0 Å². The molecule has 2 saturated carbocycles. The maximum atomic E-state index is 13.7. The number of H-pyrrole nitrogens is 1. The van der Waals surface area contributed by atoms with E-state index in [-0.39, 0.29) is 39.5 Å². The number of carbonyl (C=O) groups is 2. The van der Waals surface area contributed by atoms with Gasteiger partial charge in [-0.1, -0.05) is 41.1 Å². The van der Waals surface area contributed by atoms with E-state index in [2.05, 4.69) is 4.98 Å². The lowest BCUT2D eigenvalue weighted by atomic mass is 9.68. The normalized spacial score (nSPS) is 32.0. The van der Waals surface area contributed by atoms with Gasteiger partial charge in [-0.15, -0.1) is 11.8 Å². The summed E-state index contributed by atoms with van der Waals surface area (Å²) in [5, 5.41) is 1.39. The molecule has 0 spiro atoms. The number of benzene rings is 2. The van der Waals surface area contributed by atoms with Gasteiger partial charge in [-0.25, -0.2) is 0 Å². The summed E-state index contributed by atoms with van der Waals surface area (Å²) in [5.74, 6) is -2.35. The predicted octanol–water partition coefficient (Wildman–Crippen LogP) is 5.79. The molecule has 3 heterocycles. The van der Waals surface area contributed by atoms with Crippen molar-refractivity contribution in [1.29, 1.82) is 0 Å². The van der Waals surface area contributed by atoms with Gasteiger partial charge in [-0.05, 0) is 60.1 Å². The van der Waals surface area contributed by atoms with Crippen molar-refractivity contribution in [3.63, 3.8) is 0 Å². The number of thiazole rings is 1. The number of aromatic amines is 1. The number of anilines is 1. The fraction of sp³-hybridized carbons (Fsp3) is 0.346. The number of halogens is 4. The van der Waals surface area contributed by atoms with Crippen LogP contribution in [0.15, 0.2) is 58.4 Å². The second kappa shape index (κ2) is 7.97. The standard InChI is InChI=1S/C26H18ClF3N2O3S2/c27-12-6-4-10(5-7-12)16-17-14-9-15(20(17)36-22-21(16)37-25(35)31-22)19-18(14)23(33)32(24(19)34)13-3-1-2-11(8-13)26(28,29)30/h1-8,14-20H,9H2,(H,31,35)/t14-,15-,16+,17+,18+,19+,20-/m1/s1. The van der Waals surface area contributed by atoms with E-state index < -0.39 is 35.4 Å². The number of amides is 2. The summed E-state index contributed by atoms with van der Waals surface area (Å²) >= 11 is 8.87. The molecule has 3 fully saturated rings. The maximum Gasteiger partial charge on any atom is 0.416 e. The average molecular weight is 563 g/mol. The molecule has 0 unspecified atom stereocenters. The van der Waals surface area contributed by atoms with E-state index in [0.29, 0.717) is 11.4 Å². The molecular weight excluding hydrogens is 545 g/mol. The number of alkyl halides is 3. The van der Waals surface area contributed by atoms with Crippen molar-refractivity contribution >= 4 is 52.2 Å². The molecule has 2 amide bonds. The number of imide groups is 1. The Hall–Kier alpha value is -2.56. The second-order valence-corrected chi connectivity index (χ2v) is 12.7. The molecule has 2 aromatic carbocycles. The Balaban J connectivity index is 1.30. The zero-order valence-electron chi connectivity index (χ0n) is 18.9. The highest BCUT2D eigenvalue weighted by Crippen LogP contribution is 2.68. The number of nitrogens with zero attached hydrogens (tertiary/aromatic N) is 1. The lowest BCUT2D eigenvalue weighted by Gasteiger charge is -2.43. The third kappa shape index (κ3) is 3.34. The van der Waals surface area contributed by atoms with E-state index in [1.807, 2.05) is 12.1 Å². The van der Waals surface area contributed by atoms with E-state index in [1.165, 1.54) is 23.5 Å². The van der Waals surface area contributed by atoms with Crippen molar-refractivity contribution in [2.75, 3.05) is 4.90 Å². The van der Waals surface area contributed by atoms with E-state index >= 15 is 0 Å². The van der Waals surface area contributed by atoms with Gasteiger partial charge in [-0.2, -0.15) is 13.2 Å². The minimum Gasteiger partial charge on any atom is -0.307 e. The second-order valence-electron chi connectivity index (χ2n) is 10.1. The van der Waals surface area contributed by atoms with Crippen LogP contribution in [0.5, 0.6) is 0 Å². The van der Waals surface area contributed by atoms with E-state index in [4.69, 9.17) is 11.6 Å². The van der Waals surface area contributed by atoms with Gasteiger partial charge in [0.2, 0.25) is 11.8 Å². The molecule has 7 rings (SSSR count). The topological polar surface area (TPSA) is 70.2 Å². The highest BCUT2D eigenvalue weighted by Gasteiger charge is 2.69. The number of hydrogen-bond acceptors (Lipinski definition) is 5. The van der Waals surface area contributed by atoms with Crippen LogP contribution >= 0.6 is 34.7 Å². The monoisotopic (exact) mass is 562 g/mol. The third-order valence-corrected chi connectivity index (χ3v) is 11.2. The molecule has 4 aliphatic rings. The quantitative estimate of drug-likeness (QED) is 0.402. The molecule has 7 atom stereocenters. The molecule has 11 heteroatoms. The first-order valence-electron chi connectivity index (χ1n) is 11.8. The Kier molecular flexibility index (Phi) is 5.07. The highest BCUT2D eigenvalue weighted by molar-refractivity contribution is 8.00. The summed E-state index contributed by atoms with van der Waals surface area (Å²) in [7, 11) is 0. The van der Waals surface area contributed by atoms with Gasteiger partial charge in [0.1, 0.15) is 0 Å². The number of thioether (sulfide) groups is 1. The van der Waals surface area contributed by atoms with Crippen LogP contribution in [0.2, 0.25) is 5.02 Å². The molecule has 5 nitrogen and oxygen atoms in total. The van der Waals surface area contributed by atoms with E-state index in [9.17, 15) is 27.6 Å². The van der Waals surface area contributed by atoms with Crippen molar-refractivity contribution in [1.82, 2.24) is 4.98 Å². The van der Waals surface area contributed by atoms with Crippen molar-refractivity contribution in [3.05, 3.63) is 79.2 Å². The van der Waals surface area contributed by atoms with Crippen molar-refractivity contribution in [2.45, 2.75) is 28.8 Å². The first-order valence-corrected chi connectivity index (χ1v) is 13.9. The highest BCUT2D eigenvalue weighted by atomic mass is 35.5. The molecular formula is C26H18ClF3N2O3S2. The van der Waals surface area contributed by atoms with Crippen molar-refractivity contribution in [2.24, 2.45) is 29.6 Å². The minimum absolute atomic E-state index is 0.00267. The number of fused-ring (bicyclic) bond motifs is 9. The van der Waals surface area contributed by atoms with E-state index in [0.717, 1.165) is 32.5 Å². The number of rotatable bonds is 2. The molecule has 2 bridgehead atoms. The first kappa shape index (κ1) is 23.5. The lowest BCUT2D eigenvalue weighted by Crippen LogP contribution is -2.42. The van der Waals surface area contributed by atoms with Crippen LogP contribution in [0.4, 0.5) is 18.9 Å². The van der Waals surface area contributed by atoms with Crippen LogP contribution in [0.3, 0.4) is 0 Å². The summed E-state index contributed by atoms with van der Waals surface area (Å²) < 4.78 is 40.0. The SMILES string of the molecule is O=C1[C@H]2[C@H]3C[C@@H]([C@@H]2C(=O)N1c1cccc(C(F)(F)F)c1)[C@H]1[C@H](c2ccc(Cl)cc2)c2sc(=O)[nH]c2S[C@H]31. The van der Waals surface area contributed by atoms with Gasteiger partial charge >= 0.3 is 11.0 Å². The molecule has 1 aromatic heterocycles. The fourth-order valence-electron chi connectivity index (χ4n) is 7.14. The zero-order chi connectivity index (χ0) is 25.8. The molecule has 2 aliphatic carbocycles. The molecule has 0 radical (unpaired) electrons. The first-order chi connectivity index (χ1) is 17.6. The van der Waals surface area contributed by atoms with Crippen LogP contribution in [0.1, 0.15) is 28.3 Å². The van der Waals surface area contributed by atoms with Gasteiger partial charge in [0.15, 0.2) is 0 Å². The Morgan fingerprint density at radius 1 is 0.973 bits per heavy atom. The largest absolute Gasteiger partial charge is 0.416 e. The Morgan fingerprint density at radius 2 is 1.68 bits per heavy atom. The number of aromatic nitrogens is 1. The zero-order valence-corrected chi connectivity index (χ0v) is 21.3. The van der Waals surface area contributed by atoms with Gasteiger partial charge < -0.3 is 4.98 Å². The van der Waals surface area contributed by atoms with Crippen molar-refractivity contribution < 1.29 is 22.8 Å². The predicted molar refractivity (Wildman–Crippen MR) is 134 cm³/mol. The van der Waals surface area contributed by atoms with Crippen LogP contribution in [-0.4, -0.2) is 22.0 Å². The molecule has 3 aromatic rings. The summed E-state index contributed by atoms with van der Waals surface area (Å²) in [4.78, 5) is 44.3. The molecule has 1 N–H and O–H groups in total. The maximum absolute atomic E-state index is 13.7. The summed E-state index contributed by atoms with van der Waals surface area (Å²) in [6.45, 7) is 0. The van der Waals surface area contributed by atoms with Gasteiger partial charge in [0.25, 0.3) is 0 Å². The van der Waals surface area contributed by atoms with Gasteiger partial charge in [-0.3, -0.25) is 19.3 Å². The number of nitrogens with one attached hydrogen (secondary N) is 1. The Bertz CT molecular complexity index is 1520. The van der Waals surface area contributed by atoms with Crippen LogP contribution in [-0.2, 0) is 15.8 Å². The molecule has 37 heavy (non-hydrogen) atoms. The number of carbonyl (C=O) groups excluding carboxylic acids is 2. The summed E-state index contributed by atoms with van der Waals surface area (Å²) in [6, 6.07) is 11.9. The van der Waals surface area contributed by atoms with Crippen LogP contribution < -0.4 is 9.77 Å².